The van der Waals surface area contributed by atoms with Gasteiger partial charge in [0.2, 0.25) is 5.91 Å². The van der Waals surface area contributed by atoms with Gasteiger partial charge in [-0.05, 0) is 29.7 Å². The van der Waals surface area contributed by atoms with Gasteiger partial charge in [-0.1, -0.05) is 36.4 Å². The fraction of sp³-hybridized carbons (Fsp3) is 0.417. The number of nitrogens with zero attached hydrogens (tertiary/aromatic N) is 1. The normalized spacial score (nSPS) is 17.1. The molecule has 0 bridgehead atoms. The van der Waals surface area contributed by atoms with Crippen LogP contribution in [-0.2, 0) is 24.4 Å². The second-order valence-electron chi connectivity index (χ2n) is 8.25. The maximum Gasteiger partial charge on any atom is 0.251 e. The van der Waals surface area contributed by atoms with Gasteiger partial charge in [0.05, 0.1) is 13.1 Å². The number of hydrogen-bond donors (Lipinski definition) is 2. The number of quaternary nitrogens is 1. The Bertz CT molecular complexity index is 857. The molecular formula is C24H30N3O2+. The molecule has 2 aliphatic heterocycles. The smallest absolute Gasteiger partial charge is 0.251 e. The monoisotopic (exact) mass is 392 g/mol. The van der Waals surface area contributed by atoms with E-state index in [0.717, 1.165) is 30.6 Å². The number of carbonyl (C=O) groups is 2. The van der Waals surface area contributed by atoms with Crippen LogP contribution >= 0.6 is 0 Å². The molecule has 0 aliphatic carbocycles. The van der Waals surface area contributed by atoms with Crippen molar-refractivity contribution in [3.05, 3.63) is 70.8 Å². The Morgan fingerprint density at radius 2 is 1.72 bits per heavy atom. The van der Waals surface area contributed by atoms with Crippen molar-refractivity contribution in [1.29, 1.82) is 0 Å². The number of nitrogens with one attached hydrogen (secondary N) is 2. The first-order valence-electron chi connectivity index (χ1n) is 10.7. The van der Waals surface area contributed by atoms with Crippen LogP contribution < -0.4 is 10.2 Å². The van der Waals surface area contributed by atoms with Gasteiger partial charge in [-0.3, -0.25) is 9.59 Å². The molecule has 2 N–H and O–H groups in total. The molecule has 2 fully saturated rings. The summed E-state index contributed by atoms with van der Waals surface area (Å²) in [6.45, 7) is 5.57. The van der Waals surface area contributed by atoms with Crippen molar-refractivity contribution in [1.82, 2.24) is 10.2 Å². The predicted octanol–water partition coefficient (Wildman–Crippen LogP) is 1.92. The average Bonchev–Trinajstić information content (AvgIpc) is 3.39. The molecule has 2 heterocycles. The third-order valence-electron chi connectivity index (χ3n) is 5.97. The van der Waals surface area contributed by atoms with Crippen LogP contribution in [0.25, 0.3) is 0 Å². The van der Waals surface area contributed by atoms with Gasteiger partial charge in [-0.2, -0.15) is 0 Å². The van der Waals surface area contributed by atoms with Crippen LogP contribution in [0.2, 0.25) is 0 Å². The topological polar surface area (TPSA) is 53.9 Å². The summed E-state index contributed by atoms with van der Waals surface area (Å²) in [4.78, 5) is 27.9. The molecule has 5 nitrogen and oxygen atoms in total. The summed E-state index contributed by atoms with van der Waals surface area (Å²) < 4.78 is 0. The SMILES string of the molecule is O=C(NCc1ccc(C[NH+]2CCCC2)cc1)c1cccc(CN2CCCC2=O)c1. The van der Waals surface area contributed by atoms with Crippen molar-refractivity contribution < 1.29 is 14.5 Å². The molecule has 0 radical (unpaired) electrons. The lowest BCUT2D eigenvalue weighted by Gasteiger charge is -2.16. The van der Waals surface area contributed by atoms with E-state index in [1.807, 2.05) is 29.2 Å². The molecule has 29 heavy (non-hydrogen) atoms. The molecule has 0 spiro atoms. The van der Waals surface area contributed by atoms with E-state index in [1.54, 1.807) is 4.90 Å². The molecule has 152 valence electrons. The van der Waals surface area contributed by atoms with Crippen LogP contribution in [0.3, 0.4) is 0 Å². The second-order valence-corrected chi connectivity index (χ2v) is 8.25. The highest BCUT2D eigenvalue weighted by Gasteiger charge is 2.20. The standard InChI is InChI=1S/C24H29N3O2/c28-23-7-4-14-27(23)18-21-5-3-6-22(15-21)24(29)25-16-19-8-10-20(11-9-19)17-26-12-1-2-13-26/h3,5-6,8-11,15H,1-2,4,7,12-14,16-18H2,(H,25,29)/p+1. The van der Waals surface area contributed by atoms with Crippen molar-refractivity contribution in [2.24, 2.45) is 0 Å². The molecule has 2 amide bonds. The van der Waals surface area contributed by atoms with Gasteiger partial charge in [0.15, 0.2) is 0 Å². The molecule has 5 heteroatoms. The number of carbonyl (C=O) groups excluding carboxylic acids is 2. The molecule has 0 aromatic heterocycles. The zero-order chi connectivity index (χ0) is 20.1. The van der Waals surface area contributed by atoms with Gasteiger partial charge < -0.3 is 15.1 Å². The Morgan fingerprint density at radius 3 is 2.45 bits per heavy atom. The van der Waals surface area contributed by atoms with Gasteiger partial charge in [-0.25, -0.2) is 0 Å². The number of rotatable bonds is 7. The lowest BCUT2D eigenvalue weighted by molar-refractivity contribution is -0.901. The molecule has 0 saturated carbocycles. The Labute approximate surface area is 172 Å². The fourth-order valence-corrected chi connectivity index (χ4v) is 4.30. The summed E-state index contributed by atoms with van der Waals surface area (Å²) in [6, 6.07) is 16.2. The molecule has 2 aliphatic rings. The van der Waals surface area contributed by atoms with Gasteiger partial charge in [0, 0.05) is 50.0 Å². The first kappa shape index (κ1) is 19.6. The lowest BCUT2D eigenvalue weighted by atomic mass is 10.1. The van der Waals surface area contributed by atoms with Gasteiger partial charge in [0.1, 0.15) is 6.54 Å². The predicted molar refractivity (Wildman–Crippen MR) is 112 cm³/mol. The molecule has 2 aromatic rings. The highest BCUT2D eigenvalue weighted by atomic mass is 16.2. The number of benzene rings is 2. The zero-order valence-corrected chi connectivity index (χ0v) is 17.0. The maximum absolute atomic E-state index is 12.6. The van der Waals surface area contributed by atoms with E-state index >= 15 is 0 Å². The van der Waals surface area contributed by atoms with Crippen LogP contribution in [-0.4, -0.2) is 36.3 Å². The van der Waals surface area contributed by atoms with Crippen LogP contribution in [0.5, 0.6) is 0 Å². The fourth-order valence-electron chi connectivity index (χ4n) is 4.30. The highest BCUT2D eigenvalue weighted by Crippen LogP contribution is 2.15. The van der Waals surface area contributed by atoms with Crippen molar-refractivity contribution in [2.75, 3.05) is 19.6 Å². The Morgan fingerprint density at radius 1 is 0.966 bits per heavy atom. The van der Waals surface area contributed by atoms with Crippen LogP contribution in [0.15, 0.2) is 48.5 Å². The van der Waals surface area contributed by atoms with Crippen molar-refractivity contribution >= 4 is 11.8 Å². The first-order chi connectivity index (χ1) is 14.2. The van der Waals surface area contributed by atoms with Gasteiger partial charge >= 0.3 is 0 Å². The minimum atomic E-state index is -0.0785. The number of amides is 2. The van der Waals surface area contributed by atoms with Gasteiger partial charge in [0.25, 0.3) is 5.91 Å². The summed E-state index contributed by atoms with van der Waals surface area (Å²) in [5.74, 6) is 0.125. The molecule has 4 rings (SSSR count). The van der Waals surface area contributed by atoms with Crippen molar-refractivity contribution in [2.45, 2.75) is 45.3 Å². The van der Waals surface area contributed by atoms with E-state index in [0.29, 0.717) is 25.1 Å². The Kier molecular flexibility index (Phi) is 6.25. The van der Waals surface area contributed by atoms with Crippen LogP contribution in [0.4, 0.5) is 0 Å². The van der Waals surface area contributed by atoms with E-state index in [2.05, 4.69) is 29.6 Å². The van der Waals surface area contributed by atoms with Crippen molar-refractivity contribution in [3.63, 3.8) is 0 Å². The van der Waals surface area contributed by atoms with Crippen LogP contribution in [0, 0.1) is 0 Å². The van der Waals surface area contributed by atoms with Gasteiger partial charge in [-0.15, -0.1) is 0 Å². The molecule has 0 unspecified atom stereocenters. The van der Waals surface area contributed by atoms with E-state index in [1.165, 1.54) is 31.5 Å². The van der Waals surface area contributed by atoms with Crippen LogP contribution in [0.1, 0.15) is 52.7 Å². The minimum Gasteiger partial charge on any atom is -0.348 e. The maximum atomic E-state index is 12.6. The lowest BCUT2D eigenvalue weighted by Crippen LogP contribution is -3.08. The minimum absolute atomic E-state index is 0.0785. The third kappa shape index (κ3) is 5.24. The second kappa shape index (κ2) is 9.23. The summed E-state index contributed by atoms with van der Waals surface area (Å²) in [7, 11) is 0. The molecule has 2 aromatic carbocycles. The first-order valence-corrected chi connectivity index (χ1v) is 10.7. The summed E-state index contributed by atoms with van der Waals surface area (Å²) in [6.07, 6.45) is 4.25. The summed E-state index contributed by atoms with van der Waals surface area (Å²) in [5, 5.41) is 3.01. The van der Waals surface area contributed by atoms with E-state index in [4.69, 9.17) is 0 Å². The van der Waals surface area contributed by atoms with E-state index in [9.17, 15) is 9.59 Å². The third-order valence-corrected chi connectivity index (χ3v) is 5.97. The Hall–Kier alpha value is -2.66. The van der Waals surface area contributed by atoms with E-state index in [-0.39, 0.29) is 11.8 Å². The number of hydrogen-bond acceptors (Lipinski definition) is 2. The highest BCUT2D eigenvalue weighted by molar-refractivity contribution is 5.94. The average molecular weight is 393 g/mol. The summed E-state index contributed by atoms with van der Waals surface area (Å²) >= 11 is 0. The summed E-state index contributed by atoms with van der Waals surface area (Å²) in [5.41, 5.74) is 4.11. The quantitative estimate of drug-likeness (QED) is 0.756. The largest absolute Gasteiger partial charge is 0.348 e. The van der Waals surface area contributed by atoms with Crippen molar-refractivity contribution in [3.8, 4) is 0 Å². The Balaban J connectivity index is 1.30. The number of likely N-dealkylation sites (tertiary alicyclic amines) is 2. The molecule has 0 atom stereocenters. The zero-order valence-electron chi connectivity index (χ0n) is 17.0. The molecular weight excluding hydrogens is 362 g/mol. The molecule has 2 saturated heterocycles. The van der Waals surface area contributed by atoms with E-state index < -0.39 is 0 Å².